The van der Waals surface area contributed by atoms with Crippen LogP contribution in [-0.4, -0.2) is 17.9 Å². The highest BCUT2D eigenvalue weighted by Crippen LogP contribution is 2.20. The highest BCUT2D eigenvalue weighted by molar-refractivity contribution is 5.96. The molecule has 6 heteroatoms. The maximum Gasteiger partial charge on any atom is 0.241 e. The number of carbonyl (C=O) groups excluding carboxylic acids is 2. The summed E-state index contributed by atoms with van der Waals surface area (Å²) in [7, 11) is 0. The third-order valence-corrected chi connectivity index (χ3v) is 2.84. The second-order valence-electron chi connectivity index (χ2n) is 4.97. The van der Waals surface area contributed by atoms with Gasteiger partial charge in [-0.3, -0.25) is 9.59 Å². The molecule has 0 aromatic heterocycles. The van der Waals surface area contributed by atoms with Crippen LogP contribution in [-0.2, 0) is 9.59 Å². The van der Waals surface area contributed by atoms with E-state index in [1.807, 2.05) is 26.8 Å². The number of nitrogens with one attached hydrogen (secondary N) is 2. The molecule has 1 aromatic carbocycles. The molecule has 5 nitrogen and oxygen atoms in total. The maximum absolute atomic E-state index is 11.8. The molecule has 0 spiro atoms. The highest BCUT2D eigenvalue weighted by Gasteiger charge is 2.17. The molecule has 0 saturated heterocycles. The zero-order valence-corrected chi connectivity index (χ0v) is 13.0. The van der Waals surface area contributed by atoms with Gasteiger partial charge in [0.2, 0.25) is 11.8 Å². The Bertz CT molecular complexity index is 489. The van der Waals surface area contributed by atoms with E-state index in [1.54, 1.807) is 12.1 Å². The molecule has 0 unspecified atom stereocenters. The van der Waals surface area contributed by atoms with Crippen molar-refractivity contribution in [1.82, 2.24) is 0 Å². The van der Waals surface area contributed by atoms with Crippen LogP contribution in [0.3, 0.4) is 0 Å². The van der Waals surface area contributed by atoms with E-state index in [1.165, 1.54) is 6.92 Å². The summed E-state index contributed by atoms with van der Waals surface area (Å²) >= 11 is 0. The first-order valence-electron chi connectivity index (χ1n) is 6.26. The summed E-state index contributed by atoms with van der Waals surface area (Å²) < 4.78 is 0. The molecular weight excluding hydrogens is 278 g/mol. The number of aryl methyl sites for hydroxylation is 1. The highest BCUT2D eigenvalue weighted by atomic mass is 35.5. The van der Waals surface area contributed by atoms with Gasteiger partial charge in [0.15, 0.2) is 0 Å². The van der Waals surface area contributed by atoms with Gasteiger partial charge >= 0.3 is 0 Å². The van der Waals surface area contributed by atoms with Crippen molar-refractivity contribution in [3.05, 3.63) is 23.8 Å². The fourth-order valence-electron chi connectivity index (χ4n) is 1.55. The van der Waals surface area contributed by atoms with Gasteiger partial charge in [-0.1, -0.05) is 19.9 Å². The van der Waals surface area contributed by atoms with Crippen molar-refractivity contribution in [3.8, 4) is 0 Å². The van der Waals surface area contributed by atoms with Crippen LogP contribution in [0.4, 0.5) is 11.4 Å². The Labute approximate surface area is 125 Å². The molecule has 4 N–H and O–H groups in total. The van der Waals surface area contributed by atoms with Crippen LogP contribution in [0.2, 0.25) is 0 Å². The molecule has 0 radical (unpaired) electrons. The summed E-state index contributed by atoms with van der Waals surface area (Å²) in [6, 6.07) is 4.79. The number of carbonyl (C=O) groups is 2. The van der Waals surface area contributed by atoms with Crippen LogP contribution >= 0.6 is 12.4 Å². The first kappa shape index (κ1) is 18.4. The Kier molecular flexibility index (Phi) is 7.24. The second kappa shape index (κ2) is 7.87. The van der Waals surface area contributed by atoms with E-state index in [2.05, 4.69) is 10.6 Å². The van der Waals surface area contributed by atoms with Crippen LogP contribution < -0.4 is 16.4 Å². The van der Waals surface area contributed by atoms with E-state index in [-0.39, 0.29) is 30.1 Å². The van der Waals surface area contributed by atoms with E-state index in [4.69, 9.17) is 5.73 Å². The Balaban J connectivity index is 0.00000361. The number of anilines is 2. The minimum absolute atomic E-state index is 0. The SMILES string of the molecule is CC(=O)Nc1cc(NC(=O)[C@H](N)C(C)C)ccc1C.Cl. The number of hydrogen-bond donors (Lipinski definition) is 3. The molecule has 0 aliphatic carbocycles. The van der Waals surface area contributed by atoms with E-state index >= 15 is 0 Å². The average molecular weight is 300 g/mol. The smallest absolute Gasteiger partial charge is 0.241 e. The predicted molar refractivity (Wildman–Crippen MR) is 84.2 cm³/mol. The van der Waals surface area contributed by atoms with Gasteiger partial charge in [0.1, 0.15) is 0 Å². The number of benzene rings is 1. The van der Waals surface area contributed by atoms with E-state index in [0.29, 0.717) is 11.4 Å². The minimum atomic E-state index is -0.550. The van der Waals surface area contributed by atoms with Crippen molar-refractivity contribution in [2.75, 3.05) is 10.6 Å². The lowest BCUT2D eigenvalue weighted by atomic mass is 10.0. The molecule has 0 saturated carbocycles. The number of halogens is 1. The quantitative estimate of drug-likeness (QED) is 0.797. The third kappa shape index (κ3) is 5.19. The van der Waals surface area contributed by atoms with Crippen LogP contribution in [0.5, 0.6) is 0 Å². The van der Waals surface area contributed by atoms with Gasteiger partial charge in [0.25, 0.3) is 0 Å². The van der Waals surface area contributed by atoms with E-state index < -0.39 is 6.04 Å². The molecule has 0 bridgehead atoms. The van der Waals surface area contributed by atoms with Gasteiger partial charge in [-0.05, 0) is 30.5 Å². The lowest BCUT2D eigenvalue weighted by molar-refractivity contribution is -0.118. The molecular formula is C14H22ClN3O2. The Hall–Kier alpha value is -1.59. The molecule has 20 heavy (non-hydrogen) atoms. The zero-order chi connectivity index (χ0) is 14.6. The molecule has 1 atom stereocenters. The van der Waals surface area contributed by atoms with Gasteiger partial charge in [0, 0.05) is 18.3 Å². The molecule has 0 aliphatic heterocycles. The number of hydrogen-bond acceptors (Lipinski definition) is 3. The lowest BCUT2D eigenvalue weighted by Gasteiger charge is -2.16. The fraction of sp³-hybridized carbons (Fsp3) is 0.429. The van der Waals surface area contributed by atoms with Crippen molar-refractivity contribution in [2.45, 2.75) is 33.7 Å². The van der Waals surface area contributed by atoms with Crippen LogP contribution in [0, 0.1) is 12.8 Å². The molecule has 112 valence electrons. The van der Waals surface area contributed by atoms with Gasteiger partial charge in [-0.15, -0.1) is 12.4 Å². The number of rotatable bonds is 4. The molecule has 0 heterocycles. The average Bonchev–Trinajstić information content (AvgIpc) is 2.31. The standard InChI is InChI=1S/C14H21N3O2.ClH/c1-8(2)13(15)14(19)17-11-6-5-9(3)12(7-11)16-10(4)18;/h5-8,13H,15H2,1-4H3,(H,16,18)(H,17,19);1H/t13-;/m1./s1. The van der Waals surface area contributed by atoms with Crippen molar-refractivity contribution in [2.24, 2.45) is 11.7 Å². The molecule has 1 aromatic rings. The third-order valence-electron chi connectivity index (χ3n) is 2.84. The summed E-state index contributed by atoms with van der Waals surface area (Å²) in [5.41, 5.74) is 8.01. The van der Waals surface area contributed by atoms with Gasteiger partial charge < -0.3 is 16.4 Å². The topological polar surface area (TPSA) is 84.2 Å². The molecule has 1 rings (SSSR count). The summed E-state index contributed by atoms with van der Waals surface area (Å²) in [6.07, 6.45) is 0. The Morgan fingerprint density at radius 1 is 1.20 bits per heavy atom. The van der Waals surface area contributed by atoms with Crippen molar-refractivity contribution in [3.63, 3.8) is 0 Å². The summed E-state index contributed by atoms with van der Waals surface area (Å²) in [5.74, 6) is -0.307. The lowest BCUT2D eigenvalue weighted by Crippen LogP contribution is -2.39. The monoisotopic (exact) mass is 299 g/mol. The van der Waals surface area contributed by atoms with Gasteiger partial charge in [-0.25, -0.2) is 0 Å². The van der Waals surface area contributed by atoms with Crippen molar-refractivity contribution >= 4 is 35.6 Å². The Morgan fingerprint density at radius 3 is 2.30 bits per heavy atom. The maximum atomic E-state index is 11.8. The van der Waals surface area contributed by atoms with E-state index in [0.717, 1.165) is 5.56 Å². The first-order chi connectivity index (χ1) is 8.81. The van der Waals surface area contributed by atoms with Gasteiger partial charge in [-0.2, -0.15) is 0 Å². The summed E-state index contributed by atoms with van der Waals surface area (Å²) in [4.78, 5) is 22.9. The number of nitrogens with two attached hydrogens (primary N) is 1. The van der Waals surface area contributed by atoms with Gasteiger partial charge in [0.05, 0.1) is 6.04 Å². The fourth-order valence-corrected chi connectivity index (χ4v) is 1.55. The predicted octanol–water partition coefficient (Wildman–Crippen LogP) is 2.30. The minimum Gasteiger partial charge on any atom is -0.326 e. The van der Waals surface area contributed by atoms with E-state index in [9.17, 15) is 9.59 Å². The summed E-state index contributed by atoms with van der Waals surface area (Å²) in [6.45, 7) is 7.11. The normalized spacial score (nSPS) is 11.5. The first-order valence-corrected chi connectivity index (χ1v) is 6.26. The van der Waals surface area contributed by atoms with Crippen LogP contribution in [0.1, 0.15) is 26.3 Å². The molecule has 2 amide bonds. The second-order valence-corrected chi connectivity index (χ2v) is 4.97. The van der Waals surface area contributed by atoms with Crippen LogP contribution in [0.15, 0.2) is 18.2 Å². The summed E-state index contributed by atoms with van der Waals surface area (Å²) in [5, 5.41) is 5.47. The van der Waals surface area contributed by atoms with Crippen molar-refractivity contribution in [1.29, 1.82) is 0 Å². The Morgan fingerprint density at radius 2 is 1.80 bits per heavy atom. The molecule has 0 fully saturated rings. The van der Waals surface area contributed by atoms with Crippen LogP contribution in [0.25, 0.3) is 0 Å². The number of amides is 2. The molecule has 0 aliphatic rings. The largest absolute Gasteiger partial charge is 0.326 e. The van der Waals surface area contributed by atoms with Crippen molar-refractivity contribution < 1.29 is 9.59 Å². The zero-order valence-electron chi connectivity index (χ0n) is 12.2.